The first kappa shape index (κ1) is 18.3. The Morgan fingerprint density at radius 3 is 2.63 bits per heavy atom. The SMILES string of the molecule is COc1ccccc1NC(=O)/C(C#N)=C/c1ccc(-c2ccccc2Cl)o1. The van der Waals surface area contributed by atoms with Gasteiger partial charge in [-0.05, 0) is 36.4 Å². The number of furan rings is 1. The van der Waals surface area contributed by atoms with Gasteiger partial charge in [-0.15, -0.1) is 0 Å². The molecule has 2 aromatic carbocycles. The van der Waals surface area contributed by atoms with Crippen LogP contribution in [-0.2, 0) is 4.79 Å². The van der Waals surface area contributed by atoms with Crippen LogP contribution in [0.3, 0.4) is 0 Å². The Labute approximate surface area is 161 Å². The van der Waals surface area contributed by atoms with Crippen molar-refractivity contribution in [2.45, 2.75) is 0 Å². The van der Waals surface area contributed by atoms with Gasteiger partial charge in [0.15, 0.2) is 0 Å². The van der Waals surface area contributed by atoms with E-state index in [1.165, 1.54) is 13.2 Å². The highest BCUT2D eigenvalue weighted by Crippen LogP contribution is 2.30. The van der Waals surface area contributed by atoms with Gasteiger partial charge in [-0.25, -0.2) is 0 Å². The number of methoxy groups -OCH3 is 1. The molecule has 0 aliphatic carbocycles. The molecule has 5 nitrogen and oxygen atoms in total. The minimum absolute atomic E-state index is 0.0963. The van der Waals surface area contributed by atoms with E-state index in [1.54, 1.807) is 42.5 Å². The molecule has 0 atom stereocenters. The Morgan fingerprint density at radius 1 is 1.15 bits per heavy atom. The van der Waals surface area contributed by atoms with Crippen molar-refractivity contribution in [3.05, 3.63) is 77.0 Å². The molecule has 1 heterocycles. The van der Waals surface area contributed by atoms with Crippen molar-refractivity contribution in [1.29, 1.82) is 5.26 Å². The molecule has 0 aliphatic rings. The molecule has 0 saturated carbocycles. The van der Waals surface area contributed by atoms with Crippen molar-refractivity contribution in [2.75, 3.05) is 12.4 Å². The second kappa shape index (κ2) is 8.26. The molecule has 3 rings (SSSR count). The van der Waals surface area contributed by atoms with E-state index in [0.29, 0.717) is 28.0 Å². The Bertz CT molecular complexity index is 1050. The predicted octanol–water partition coefficient (Wildman–Crippen LogP) is 5.15. The van der Waals surface area contributed by atoms with Crippen LogP contribution in [0.25, 0.3) is 17.4 Å². The summed E-state index contributed by atoms with van der Waals surface area (Å²) >= 11 is 6.17. The number of ether oxygens (including phenoxy) is 1. The smallest absolute Gasteiger partial charge is 0.266 e. The molecule has 0 unspecified atom stereocenters. The fraction of sp³-hybridized carbons (Fsp3) is 0.0476. The molecule has 1 amide bonds. The summed E-state index contributed by atoms with van der Waals surface area (Å²) in [4.78, 5) is 12.4. The number of halogens is 1. The number of anilines is 1. The van der Waals surface area contributed by atoms with Crippen LogP contribution in [-0.4, -0.2) is 13.0 Å². The molecule has 1 N–H and O–H groups in total. The number of nitrogens with zero attached hydrogens (tertiary/aromatic N) is 1. The number of benzene rings is 2. The van der Waals surface area contributed by atoms with Crippen molar-refractivity contribution in [1.82, 2.24) is 0 Å². The minimum Gasteiger partial charge on any atom is -0.495 e. The Morgan fingerprint density at radius 2 is 1.89 bits per heavy atom. The van der Waals surface area contributed by atoms with E-state index in [9.17, 15) is 10.1 Å². The van der Waals surface area contributed by atoms with E-state index in [-0.39, 0.29) is 5.57 Å². The average Bonchev–Trinajstić information content (AvgIpc) is 3.15. The van der Waals surface area contributed by atoms with Gasteiger partial charge in [0.05, 0.1) is 17.8 Å². The quantitative estimate of drug-likeness (QED) is 0.491. The van der Waals surface area contributed by atoms with E-state index < -0.39 is 5.91 Å². The van der Waals surface area contributed by atoms with Crippen molar-refractivity contribution in [2.24, 2.45) is 0 Å². The van der Waals surface area contributed by atoms with Gasteiger partial charge in [0.1, 0.15) is 28.9 Å². The van der Waals surface area contributed by atoms with Gasteiger partial charge < -0.3 is 14.5 Å². The van der Waals surface area contributed by atoms with Crippen LogP contribution < -0.4 is 10.1 Å². The molecule has 0 spiro atoms. The molecule has 134 valence electrons. The lowest BCUT2D eigenvalue weighted by molar-refractivity contribution is -0.112. The summed E-state index contributed by atoms with van der Waals surface area (Å²) in [6, 6.07) is 19.5. The number of amides is 1. The van der Waals surface area contributed by atoms with Crippen LogP contribution in [0.2, 0.25) is 5.02 Å². The maximum atomic E-state index is 12.4. The third-order valence-electron chi connectivity index (χ3n) is 3.77. The van der Waals surface area contributed by atoms with Crippen LogP contribution >= 0.6 is 11.6 Å². The third kappa shape index (κ3) is 4.20. The van der Waals surface area contributed by atoms with Gasteiger partial charge in [0, 0.05) is 11.6 Å². The number of carbonyl (C=O) groups excluding carboxylic acids is 1. The molecular formula is C21H15ClN2O3. The highest BCUT2D eigenvalue weighted by molar-refractivity contribution is 6.33. The first-order valence-corrected chi connectivity index (χ1v) is 8.41. The maximum absolute atomic E-state index is 12.4. The van der Waals surface area contributed by atoms with Gasteiger partial charge in [-0.2, -0.15) is 5.26 Å². The predicted molar refractivity (Wildman–Crippen MR) is 104 cm³/mol. The minimum atomic E-state index is -0.558. The van der Waals surface area contributed by atoms with Gasteiger partial charge in [-0.1, -0.05) is 35.9 Å². The summed E-state index contributed by atoms with van der Waals surface area (Å²) in [5.74, 6) is 0.866. The zero-order valence-electron chi connectivity index (χ0n) is 14.4. The van der Waals surface area contributed by atoms with Crippen molar-refractivity contribution < 1.29 is 13.9 Å². The fourth-order valence-corrected chi connectivity index (χ4v) is 2.69. The topological polar surface area (TPSA) is 75.3 Å². The fourth-order valence-electron chi connectivity index (χ4n) is 2.46. The summed E-state index contributed by atoms with van der Waals surface area (Å²) in [5.41, 5.74) is 1.11. The molecule has 0 fully saturated rings. The van der Waals surface area contributed by atoms with Gasteiger partial charge >= 0.3 is 0 Å². The second-order valence-electron chi connectivity index (χ2n) is 5.51. The van der Waals surface area contributed by atoms with E-state index in [2.05, 4.69) is 5.32 Å². The summed E-state index contributed by atoms with van der Waals surface area (Å²) in [7, 11) is 1.51. The van der Waals surface area contributed by atoms with E-state index >= 15 is 0 Å². The third-order valence-corrected chi connectivity index (χ3v) is 4.10. The number of hydrogen-bond donors (Lipinski definition) is 1. The van der Waals surface area contributed by atoms with Gasteiger partial charge in [0.2, 0.25) is 0 Å². The van der Waals surface area contributed by atoms with E-state index in [4.69, 9.17) is 20.8 Å². The summed E-state index contributed by atoms with van der Waals surface area (Å²) in [6.07, 6.45) is 1.38. The first-order valence-electron chi connectivity index (χ1n) is 8.03. The summed E-state index contributed by atoms with van der Waals surface area (Å²) in [5, 5.41) is 12.6. The van der Waals surface area contributed by atoms with Gasteiger partial charge in [0.25, 0.3) is 5.91 Å². The van der Waals surface area contributed by atoms with Crippen molar-refractivity contribution >= 4 is 29.3 Å². The van der Waals surface area contributed by atoms with Crippen LogP contribution in [0.4, 0.5) is 5.69 Å². The first-order chi connectivity index (χ1) is 13.1. The average molecular weight is 379 g/mol. The van der Waals surface area contributed by atoms with Crippen LogP contribution in [0, 0.1) is 11.3 Å². The normalized spacial score (nSPS) is 10.9. The summed E-state index contributed by atoms with van der Waals surface area (Å²) < 4.78 is 10.9. The lowest BCUT2D eigenvalue weighted by Crippen LogP contribution is -2.14. The molecular weight excluding hydrogens is 364 g/mol. The second-order valence-corrected chi connectivity index (χ2v) is 5.91. The number of para-hydroxylation sites is 2. The molecule has 6 heteroatoms. The standard InChI is InChI=1S/C21H15ClN2O3/c1-26-20-9-5-4-8-18(20)24-21(25)14(13-23)12-15-10-11-19(27-15)16-6-2-3-7-17(16)22/h2-12H,1H3,(H,24,25)/b14-12+. The molecule has 1 aromatic heterocycles. The zero-order chi connectivity index (χ0) is 19.2. The Hall–Kier alpha value is -3.49. The molecule has 0 aliphatic heterocycles. The Kier molecular flexibility index (Phi) is 5.60. The molecule has 0 bridgehead atoms. The van der Waals surface area contributed by atoms with Crippen LogP contribution in [0.5, 0.6) is 5.75 Å². The van der Waals surface area contributed by atoms with E-state index in [1.807, 2.05) is 24.3 Å². The van der Waals surface area contributed by atoms with Crippen molar-refractivity contribution in [3.8, 4) is 23.1 Å². The highest BCUT2D eigenvalue weighted by Gasteiger charge is 2.14. The molecule has 0 radical (unpaired) electrons. The lowest BCUT2D eigenvalue weighted by atomic mass is 10.2. The van der Waals surface area contributed by atoms with Gasteiger partial charge in [-0.3, -0.25) is 4.79 Å². The highest BCUT2D eigenvalue weighted by atomic mass is 35.5. The number of rotatable bonds is 5. The number of hydrogen-bond acceptors (Lipinski definition) is 4. The maximum Gasteiger partial charge on any atom is 0.266 e. The molecule has 3 aromatic rings. The van der Waals surface area contributed by atoms with Crippen molar-refractivity contribution in [3.63, 3.8) is 0 Å². The zero-order valence-corrected chi connectivity index (χ0v) is 15.2. The Balaban J connectivity index is 1.84. The van der Waals surface area contributed by atoms with E-state index in [0.717, 1.165) is 5.56 Å². The summed E-state index contributed by atoms with van der Waals surface area (Å²) in [6.45, 7) is 0. The molecule has 27 heavy (non-hydrogen) atoms. The largest absolute Gasteiger partial charge is 0.495 e. The number of carbonyl (C=O) groups is 1. The lowest BCUT2D eigenvalue weighted by Gasteiger charge is -2.08. The van der Waals surface area contributed by atoms with Crippen LogP contribution in [0.15, 0.2) is 70.7 Å². The number of nitrogens with one attached hydrogen (secondary N) is 1. The molecule has 0 saturated heterocycles. The number of nitriles is 1. The van der Waals surface area contributed by atoms with Crippen LogP contribution in [0.1, 0.15) is 5.76 Å². The monoisotopic (exact) mass is 378 g/mol.